The van der Waals surface area contributed by atoms with Crippen molar-refractivity contribution < 1.29 is 0 Å². The van der Waals surface area contributed by atoms with Gasteiger partial charge in [0, 0.05) is 26.2 Å². The van der Waals surface area contributed by atoms with Crippen LogP contribution in [0.5, 0.6) is 0 Å². The predicted octanol–water partition coefficient (Wildman–Crippen LogP) is 2.26. The number of likely N-dealkylation sites (tertiary alicyclic amines) is 1. The van der Waals surface area contributed by atoms with Crippen LogP contribution in [-0.4, -0.2) is 43.6 Å². The van der Waals surface area contributed by atoms with Gasteiger partial charge < -0.3 is 16.0 Å². The van der Waals surface area contributed by atoms with E-state index in [1.165, 1.54) is 24.9 Å². The van der Waals surface area contributed by atoms with Crippen LogP contribution >= 0.6 is 0 Å². The molecule has 0 aromatic heterocycles. The zero-order chi connectivity index (χ0) is 15.6. The van der Waals surface area contributed by atoms with Gasteiger partial charge in [0.15, 0.2) is 5.96 Å². The Hall–Kier alpha value is -1.55. The van der Waals surface area contributed by atoms with Gasteiger partial charge in [-0.05, 0) is 37.3 Å². The van der Waals surface area contributed by atoms with Crippen molar-refractivity contribution in [3.63, 3.8) is 0 Å². The molecular formula is C18H30N4. The monoisotopic (exact) mass is 302 g/mol. The molecule has 4 nitrogen and oxygen atoms in total. The van der Waals surface area contributed by atoms with Gasteiger partial charge >= 0.3 is 0 Å². The van der Waals surface area contributed by atoms with Gasteiger partial charge in [0.2, 0.25) is 0 Å². The van der Waals surface area contributed by atoms with Crippen molar-refractivity contribution in [3.05, 3.63) is 35.9 Å². The zero-order valence-corrected chi connectivity index (χ0v) is 13.8. The second-order valence-electron chi connectivity index (χ2n) is 6.20. The Labute approximate surface area is 134 Å². The molecule has 3 N–H and O–H groups in total. The van der Waals surface area contributed by atoms with Crippen LogP contribution in [0.1, 0.15) is 31.7 Å². The lowest BCUT2D eigenvalue weighted by Gasteiger charge is -2.15. The molecule has 1 aromatic rings. The van der Waals surface area contributed by atoms with Crippen molar-refractivity contribution in [1.82, 2.24) is 10.2 Å². The van der Waals surface area contributed by atoms with E-state index < -0.39 is 0 Å². The molecule has 4 heteroatoms. The molecule has 0 spiro atoms. The molecule has 1 fully saturated rings. The minimum absolute atomic E-state index is 0.608. The van der Waals surface area contributed by atoms with Gasteiger partial charge in [-0.25, -0.2) is 0 Å². The molecule has 0 aliphatic carbocycles. The summed E-state index contributed by atoms with van der Waals surface area (Å²) in [6.07, 6.45) is 4.70. The quantitative estimate of drug-likeness (QED) is 0.440. The highest BCUT2D eigenvalue weighted by molar-refractivity contribution is 5.77. The van der Waals surface area contributed by atoms with Crippen LogP contribution in [0.15, 0.2) is 35.3 Å². The summed E-state index contributed by atoms with van der Waals surface area (Å²) in [6, 6.07) is 10.7. The highest BCUT2D eigenvalue weighted by atomic mass is 15.2. The van der Waals surface area contributed by atoms with E-state index in [1.807, 2.05) is 0 Å². The van der Waals surface area contributed by atoms with Gasteiger partial charge in [-0.1, -0.05) is 43.7 Å². The van der Waals surface area contributed by atoms with E-state index in [0.29, 0.717) is 11.9 Å². The molecule has 2 rings (SSSR count). The molecule has 1 aliphatic rings. The van der Waals surface area contributed by atoms with E-state index in [-0.39, 0.29) is 0 Å². The van der Waals surface area contributed by atoms with Crippen LogP contribution in [0.2, 0.25) is 0 Å². The van der Waals surface area contributed by atoms with Gasteiger partial charge in [0.25, 0.3) is 0 Å². The summed E-state index contributed by atoms with van der Waals surface area (Å²) in [7, 11) is 0. The van der Waals surface area contributed by atoms with Crippen LogP contribution < -0.4 is 11.1 Å². The number of nitrogens with two attached hydrogens (primary N) is 1. The maximum Gasteiger partial charge on any atom is 0.188 e. The molecular weight excluding hydrogens is 272 g/mol. The fourth-order valence-corrected chi connectivity index (χ4v) is 2.87. The van der Waals surface area contributed by atoms with Crippen LogP contribution in [0.25, 0.3) is 0 Å². The molecule has 0 radical (unpaired) electrons. The Morgan fingerprint density at radius 2 is 2.18 bits per heavy atom. The van der Waals surface area contributed by atoms with Crippen molar-refractivity contribution >= 4 is 5.96 Å². The molecule has 1 heterocycles. The average Bonchev–Trinajstić information content (AvgIpc) is 3.00. The fraction of sp³-hybridized carbons (Fsp3) is 0.611. The summed E-state index contributed by atoms with van der Waals surface area (Å²) in [6.45, 7) is 7.45. The summed E-state index contributed by atoms with van der Waals surface area (Å²) in [5.74, 6) is 1.26. The molecule has 0 amide bonds. The lowest BCUT2D eigenvalue weighted by atomic mass is 10.1. The third-order valence-corrected chi connectivity index (χ3v) is 4.29. The third kappa shape index (κ3) is 6.06. The first-order chi connectivity index (χ1) is 10.8. The molecule has 1 aliphatic heterocycles. The number of hydrogen-bond acceptors (Lipinski definition) is 2. The smallest absolute Gasteiger partial charge is 0.188 e. The molecule has 0 bridgehead atoms. The average molecular weight is 302 g/mol. The highest BCUT2D eigenvalue weighted by Gasteiger charge is 2.21. The summed E-state index contributed by atoms with van der Waals surface area (Å²) in [5.41, 5.74) is 7.31. The Kier molecular flexibility index (Phi) is 7.23. The number of aliphatic imine (C=N–C) groups is 1. The van der Waals surface area contributed by atoms with Crippen molar-refractivity contribution in [2.75, 3.05) is 32.7 Å². The predicted molar refractivity (Wildman–Crippen MR) is 94.1 cm³/mol. The van der Waals surface area contributed by atoms with Crippen molar-refractivity contribution in [3.8, 4) is 0 Å². The number of rotatable bonds is 8. The van der Waals surface area contributed by atoms with E-state index in [9.17, 15) is 0 Å². The first-order valence-corrected chi connectivity index (χ1v) is 8.58. The van der Waals surface area contributed by atoms with E-state index >= 15 is 0 Å². The van der Waals surface area contributed by atoms with Crippen LogP contribution in [-0.2, 0) is 6.42 Å². The molecule has 0 saturated carbocycles. The van der Waals surface area contributed by atoms with Gasteiger partial charge in [-0.2, -0.15) is 0 Å². The number of hydrogen-bond donors (Lipinski definition) is 2. The Bertz CT molecular complexity index is 444. The highest BCUT2D eigenvalue weighted by Crippen LogP contribution is 2.16. The maximum atomic E-state index is 5.89. The first kappa shape index (κ1) is 16.8. The first-order valence-electron chi connectivity index (χ1n) is 8.58. The normalized spacial score (nSPS) is 19.5. The molecule has 122 valence electrons. The summed E-state index contributed by atoms with van der Waals surface area (Å²) >= 11 is 0. The van der Waals surface area contributed by atoms with Gasteiger partial charge in [0.05, 0.1) is 0 Å². The number of nitrogens with one attached hydrogen (secondary N) is 1. The van der Waals surface area contributed by atoms with Gasteiger partial charge in [-0.3, -0.25) is 4.99 Å². The lowest BCUT2D eigenvalue weighted by molar-refractivity contribution is 0.329. The fourth-order valence-electron chi connectivity index (χ4n) is 2.87. The van der Waals surface area contributed by atoms with E-state index in [1.54, 1.807) is 0 Å². The molecule has 1 atom stereocenters. The zero-order valence-electron chi connectivity index (χ0n) is 13.8. The van der Waals surface area contributed by atoms with Crippen LogP contribution in [0.3, 0.4) is 0 Å². The number of nitrogens with zero attached hydrogens (tertiary/aromatic N) is 2. The van der Waals surface area contributed by atoms with Crippen LogP contribution in [0, 0.1) is 5.92 Å². The Balaban J connectivity index is 1.64. The van der Waals surface area contributed by atoms with Gasteiger partial charge in [0.1, 0.15) is 0 Å². The minimum Gasteiger partial charge on any atom is -0.370 e. The standard InChI is InChI=1S/C18H30N4/c1-2-3-11-20-18(19)21-14-17-10-13-22(15-17)12-9-16-7-5-4-6-8-16/h4-8,17H,2-3,9-15H2,1H3,(H3,19,20,21). The topological polar surface area (TPSA) is 53.6 Å². The number of guanidine groups is 1. The van der Waals surface area contributed by atoms with Crippen molar-refractivity contribution in [2.24, 2.45) is 16.6 Å². The second-order valence-corrected chi connectivity index (χ2v) is 6.20. The van der Waals surface area contributed by atoms with E-state index in [4.69, 9.17) is 5.73 Å². The van der Waals surface area contributed by atoms with Crippen LogP contribution in [0.4, 0.5) is 0 Å². The largest absolute Gasteiger partial charge is 0.370 e. The Morgan fingerprint density at radius 1 is 1.36 bits per heavy atom. The van der Waals surface area contributed by atoms with E-state index in [0.717, 1.165) is 39.0 Å². The molecule has 1 unspecified atom stereocenters. The second kappa shape index (κ2) is 9.46. The summed E-state index contributed by atoms with van der Waals surface area (Å²) < 4.78 is 0. The van der Waals surface area contributed by atoms with Crippen molar-refractivity contribution in [2.45, 2.75) is 32.6 Å². The SMILES string of the molecule is CCCCNC(N)=NCC1CCN(CCc2ccccc2)C1. The maximum absolute atomic E-state index is 5.89. The summed E-state index contributed by atoms with van der Waals surface area (Å²) in [5, 5.41) is 3.18. The number of benzene rings is 1. The lowest BCUT2D eigenvalue weighted by Crippen LogP contribution is -2.33. The Morgan fingerprint density at radius 3 is 2.95 bits per heavy atom. The molecule has 1 aromatic carbocycles. The summed E-state index contributed by atoms with van der Waals surface area (Å²) in [4.78, 5) is 7.04. The van der Waals surface area contributed by atoms with Crippen molar-refractivity contribution in [1.29, 1.82) is 0 Å². The third-order valence-electron chi connectivity index (χ3n) is 4.29. The van der Waals surface area contributed by atoms with Gasteiger partial charge in [-0.15, -0.1) is 0 Å². The van der Waals surface area contributed by atoms with E-state index in [2.05, 4.69) is 52.5 Å². The molecule has 1 saturated heterocycles. The number of unbranched alkanes of at least 4 members (excludes halogenated alkanes) is 1. The minimum atomic E-state index is 0.608. The molecule has 22 heavy (non-hydrogen) atoms.